The highest BCUT2D eigenvalue weighted by Gasteiger charge is 2.29. The molecule has 0 fully saturated rings. The van der Waals surface area contributed by atoms with Crippen molar-refractivity contribution in [3.05, 3.63) is 107 Å². The van der Waals surface area contributed by atoms with E-state index in [2.05, 4.69) is 15.3 Å². The molecule has 0 radical (unpaired) electrons. The molecule has 5 rings (SSSR count). The molecule has 0 saturated heterocycles. The Bertz CT molecular complexity index is 1630. The molecule has 2 heterocycles. The smallest absolute Gasteiger partial charge is 0.407 e. The SMILES string of the molecule is CCC(C)N(CC(O)[C@H](Cc1ccccc1)NC(=O)OCc1cncs1)C(=O)c1ccc2nc(-c3ccccc3)oc2c1. The zero-order chi connectivity index (χ0) is 30.2. The van der Waals surface area contributed by atoms with E-state index in [1.807, 2.05) is 74.5 Å². The number of alkyl carbamates (subject to hydrolysis) is 1. The minimum absolute atomic E-state index is 0.00414. The van der Waals surface area contributed by atoms with Gasteiger partial charge in [0.1, 0.15) is 12.1 Å². The molecule has 0 saturated carbocycles. The molecule has 2 unspecified atom stereocenters. The number of hydrogen-bond acceptors (Lipinski definition) is 8. The highest BCUT2D eigenvalue weighted by molar-refractivity contribution is 7.09. The molecule has 2 amide bonds. The lowest BCUT2D eigenvalue weighted by atomic mass is 10.00. The number of aliphatic hydroxyl groups excluding tert-OH is 1. The van der Waals surface area contributed by atoms with E-state index in [-0.39, 0.29) is 25.1 Å². The predicted octanol–water partition coefficient (Wildman–Crippen LogP) is 6.09. The number of carbonyl (C=O) groups is 2. The second kappa shape index (κ2) is 14.1. The summed E-state index contributed by atoms with van der Waals surface area (Å²) in [6.45, 7) is 4.01. The average molecular weight is 599 g/mol. The van der Waals surface area contributed by atoms with E-state index >= 15 is 0 Å². The van der Waals surface area contributed by atoms with Gasteiger partial charge < -0.3 is 24.5 Å². The minimum Gasteiger partial charge on any atom is -0.444 e. The van der Waals surface area contributed by atoms with Crippen LogP contribution in [0.4, 0.5) is 4.79 Å². The van der Waals surface area contributed by atoms with Crippen LogP contribution in [-0.2, 0) is 17.8 Å². The van der Waals surface area contributed by atoms with E-state index in [0.717, 1.165) is 16.0 Å². The molecule has 2 N–H and O–H groups in total. The number of rotatable bonds is 12. The summed E-state index contributed by atoms with van der Waals surface area (Å²) in [7, 11) is 0. The zero-order valence-electron chi connectivity index (χ0n) is 24.1. The van der Waals surface area contributed by atoms with E-state index in [0.29, 0.717) is 35.4 Å². The van der Waals surface area contributed by atoms with Crippen LogP contribution in [0.15, 0.2) is 95.0 Å². The van der Waals surface area contributed by atoms with Crippen molar-refractivity contribution >= 4 is 34.4 Å². The molecule has 222 valence electrons. The molecular weight excluding hydrogens is 564 g/mol. The number of nitrogens with zero attached hydrogens (tertiary/aromatic N) is 3. The molecule has 0 aliphatic heterocycles. The van der Waals surface area contributed by atoms with Crippen LogP contribution in [0.2, 0.25) is 0 Å². The van der Waals surface area contributed by atoms with Gasteiger partial charge in [-0.05, 0) is 55.7 Å². The van der Waals surface area contributed by atoms with Gasteiger partial charge in [0.2, 0.25) is 5.89 Å². The van der Waals surface area contributed by atoms with Gasteiger partial charge in [0.15, 0.2) is 5.58 Å². The number of hydrogen-bond donors (Lipinski definition) is 2. The molecule has 10 heteroatoms. The number of oxazole rings is 1. The fraction of sp³-hybridized carbons (Fsp3) is 0.273. The van der Waals surface area contributed by atoms with Crippen LogP contribution < -0.4 is 5.32 Å². The summed E-state index contributed by atoms with van der Waals surface area (Å²) in [6, 6.07) is 23.4. The number of aliphatic hydroxyl groups is 1. The monoisotopic (exact) mass is 598 g/mol. The third-order valence-electron chi connectivity index (χ3n) is 7.32. The quantitative estimate of drug-likeness (QED) is 0.178. The number of nitrogens with one attached hydrogen (secondary N) is 1. The van der Waals surface area contributed by atoms with Gasteiger partial charge in [-0.2, -0.15) is 0 Å². The number of fused-ring (bicyclic) bond motifs is 1. The minimum atomic E-state index is -1.08. The van der Waals surface area contributed by atoms with Crippen molar-refractivity contribution in [3.63, 3.8) is 0 Å². The van der Waals surface area contributed by atoms with Gasteiger partial charge in [-0.3, -0.25) is 9.78 Å². The maximum Gasteiger partial charge on any atom is 0.407 e. The van der Waals surface area contributed by atoms with E-state index in [1.54, 1.807) is 34.8 Å². The van der Waals surface area contributed by atoms with Crippen LogP contribution in [0.5, 0.6) is 0 Å². The molecular formula is C33H34N4O5S. The Balaban J connectivity index is 1.34. The second-order valence-corrected chi connectivity index (χ2v) is 11.3. The topological polar surface area (TPSA) is 118 Å². The summed E-state index contributed by atoms with van der Waals surface area (Å²) in [5, 5.41) is 14.3. The molecule has 0 spiro atoms. The Kier molecular flexibility index (Phi) is 9.81. The predicted molar refractivity (Wildman–Crippen MR) is 166 cm³/mol. The van der Waals surface area contributed by atoms with Crippen LogP contribution in [0, 0.1) is 0 Å². The van der Waals surface area contributed by atoms with Gasteiger partial charge in [-0.1, -0.05) is 55.5 Å². The highest BCUT2D eigenvalue weighted by Crippen LogP contribution is 2.26. The number of amides is 2. The van der Waals surface area contributed by atoms with Crippen molar-refractivity contribution in [2.75, 3.05) is 6.54 Å². The number of carbonyl (C=O) groups excluding carboxylic acids is 2. The maximum absolute atomic E-state index is 13.9. The number of benzene rings is 3. The van der Waals surface area contributed by atoms with Crippen LogP contribution in [0.25, 0.3) is 22.6 Å². The molecule has 43 heavy (non-hydrogen) atoms. The summed E-state index contributed by atoms with van der Waals surface area (Å²) in [6.07, 6.45) is 0.941. The van der Waals surface area contributed by atoms with Crippen LogP contribution >= 0.6 is 11.3 Å². The second-order valence-electron chi connectivity index (χ2n) is 10.3. The normalized spacial score (nSPS) is 13.3. The first-order valence-corrected chi connectivity index (χ1v) is 15.1. The average Bonchev–Trinajstić information content (AvgIpc) is 3.72. The fourth-order valence-corrected chi connectivity index (χ4v) is 5.24. The first kappa shape index (κ1) is 29.9. The van der Waals surface area contributed by atoms with E-state index < -0.39 is 18.2 Å². The first-order chi connectivity index (χ1) is 20.9. The van der Waals surface area contributed by atoms with Crippen molar-refractivity contribution in [1.29, 1.82) is 0 Å². The third kappa shape index (κ3) is 7.65. The summed E-state index contributed by atoms with van der Waals surface area (Å²) in [5.41, 5.74) is 5.02. The summed E-state index contributed by atoms with van der Waals surface area (Å²) in [4.78, 5) is 37.6. The van der Waals surface area contributed by atoms with Crippen molar-refractivity contribution in [2.24, 2.45) is 0 Å². The first-order valence-electron chi connectivity index (χ1n) is 14.2. The lowest BCUT2D eigenvalue weighted by Gasteiger charge is -2.33. The van der Waals surface area contributed by atoms with Gasteiger partial charge in [0.25, 0.3) is 5.91 Å². The van der Waals surface area contributed by atoms with Crippen LogP contribution in [-0.4, -0.2) is 56.7 Å². The molecule has 3 atom stereocenters. The van der Waals surface area contributed by atoms with Gasteiger partial charge in [-0.25, -0.2) is 9.78 Å². The van der Waals surface area contributed by atoms with Crippen LogP contribution in [0.3, 0.4) is 0 Å². The molecule has 0 aliphatic rings. The lowest BCUT2D eigenvalue weighted by molar-refractivity contribution is 0.0424. The maximum atomic E-state index is 13.9. The van der Waals surface area contributed by atoms with E-state index in [4.69, 9.17) is 9.15 Å². The molecule has 9 nitrogen and oxygen atoms in total. The van der Waals surface area contributed by atoms with E-state index in [1.165, 1.54) is 11.3 Å². The molecule has 0 aliphatic carbocycles. The van der Waals surface area contributed by atoms with Gasteiger partial charge in [0.05, 0.1) is 22.5 Å². The van der Waals surface area contributed by atoms with Crippen molar-refractivity contribution in [1.82, 2.24) is 20.2 Å². The van der Waals surface area contributed by atoms with Crippen molar-refractivity contribution in [2.45, 2.75) is 51.5 Å². The van der Waals surface area contributed by atoms with Gasteiger partial charge >= 0.3 is 6.09 Å². The number of aromatic nitrogens is 2. The molecule has 0 bridgehead atoms. The van der Waals surface area contributed by atoms with Gasteiger partial charge in [0, 0.05) is 29.9 Å². The fourth-order valence-electron chi connectivity index (χ4n) is 4.73. The zero-order valence-corrected chi connectivity index (χ0v) is 24.9. The Morgan fingerprint density at radius 2 is 1.81 bits per heavy atom. The Hall–Kier alpha value is -4.54. The van der Waals surface area contributed by atoms with Crippen molar-refractivity contribution < 1.29 is 23.8 Å². The Labute approximate surface area is 254 Å². The number of thiazole rings is 1. The standard InChI is InChI=1S/C33H34N4O5S/c1-3-22(2)37(32(39)25-14-15-27-30(17-25)42-31(35-27)24-12-8-5-9-13-24)19-29(38)28(16-23-10-6-4-7-11-23)36-33(40)41-20-26-18-34-21-43-26/h4-15,17-18,21-22,28-29,38H,3,16,19-20H2,1-2H3,(H,36,40)/t22?,28-,29?/m0/s1. The summed E-state index contributed by atoms with van der Waals surface area (Å²) in [5.74, 6) is 0.227. The Morgan fingerprint density at radius 3 is 2.51 bits per heavy atom. The highest BCUT2D eigenvalue weighted by atomic mass is 32.1. The largest absolute Gasteiger partial charge is 0.444 e. The summed E-state index contributed by atoms with van der Waals surface area (Å²) < 4.78 is 11.4. The van der Waals surface area contributed by atoms with E-state index in [9.17, 15) is 14.7 Å². The van der Waals surface area contributed by atoms with Crippen LogP contribution in [0.1, 0.15) is 41.1 Å². The third-order valence-corrected chi connectivity index (χ3v) is 8.07. The Morgan fingerprint density at radius 1 is 1.07 bits per heavy atom. The summed E-state index contributed by atoms with van der Waals surface area (Å²) >= 11 is 1.39. The molecule has 3 aromatic carbocycles. The molecule has 2 aromatic heterocycles. The molecule has 5 aromatic rings. The van der Waals surface area contributed by atoms with Gasteiger partial charge in [-0.15, -0.1) is 11.3 Å². The van der Waals surface area contributed by atoms with Crippen molar-refractivity contribution in [3.8, 4) is 11.5 Å². The number of ether oxygens (including phenoxy) is 1. The lowest BCUT2D eigenvalue weighted by Crippen LogP contribution is -2.52.